The van der Waals surface area contributed by atoms with E-state index in [4.69, 9.17) is 30.8 Å². The van der Waals surface area contributed by atoms with Gasteiger partial charge in [0.25, 0.3) is 5.91 Å². The molecule has 0 radical (unpaired) electrons. The number of dihydropyridines is 1. The topological polar surface area (TPSA) is 89.5 Å². The molecule has 3 aromatic carbocycles. The maximum atomic E-state index is 12.8. The molecule has 5 rings (SSSR count). The summed E-state index contributed by atoms with van der Waals surface area (Å²) in [5.41, 5.74) is 1.72. The largest absolute Gasteiger partial charge is 0.493 e. The van der Waals surface area contributed by atoms with Crippen LogP contribution in [0.2, 0.25) is 5.02 Å². The molecule has 0 aromatic heterocycles. The second-order valence-electron chi connectivity index (χ2n) is 10.00. The summed E-state index contributed by atoms with van der Waals surface area (Å²) in [6.07, 6.45) is 6.59. The summed E-state index contributed by atoms with van der Waals surface area (Å²) in [5, 5.41) is 3.58. The molecule has 0 aliphatic carbocycles. The van der Waals surface area contributed by atoms with Crippen LogP contribution in [0, 0.1) is 5.92 Å². The molecule has 0 saturated carbocycles. The molecule has 1 unspecified atom stereocenters. The number of rotatable bonds is 9. The first-order valence-corrected chi connectivity index (χ1v) is 14.0. The van der Waals surface area contributed by atoms with Crippen molar-refractivity contribution in [2.24, 2.45) is 10.9 Å². The standard InChI is InChI=1S/C32H32ClN3O5/c1-39-32(38)24-3-2-4-29(19-24)40-21-22-15-17-36(18-16-22)30-14-9-26(20-34-30)35-31(37)23-5-10-27(11-6-23)41-28-12-7-25(33)8-13-28/h2-13,19-20,22,30H,14-18,21H2,1H3,(H,35,37). The van der Waals surface area contributed by atoms with Gasteiger partial charge in [0.2, 0.25) is 0 Å². The fourth-order valence-corrected chi connectivity index (χ4v) is 4.94. The van der Waals surface area contributed by atoms with Gasteiger partial charge in [0.1, 0.15) is 23.4 Å². The van der Waals surface area contributed by atoms with Crippen LogP contribution in [0.1, 0.15) is 40.0 Å². The first-order chi connectivity index (χ1) is 20.0. The number of likely N-dealkylation sites (tertiary alicyclic amines) is 1. The zero-order valence-corrected chi connectivity index (χ0v) is 23.5. The maximum Gasteiger partial charge on any atom is 0.337 e. The van der Waals surface area contributed by atoms with Crippen molar-refractivity contribution in [3.63, 3.8) is 0 Å². The zero-order chi connectivity index (χ0) is 28.6. The van der Waals surface area contributed by atoms with E-state index in [-0.39, 0.29) is 18.0 Å². The Balaban J connectivity index is 1.04. The smallest absolute Gasteiger partial charge is 0.337 e. The third kappa shape index (κ3) is 7.74. The van der Waals surface area contributed by atoms with Gasteiger partial charge < -0.3 is 19.5 Å². The number of halogens is 1. The Morgan fingerprint density at radius 3 is 2.32 bits per heavy atom. The van der Waals surface area contributed by atoms with E-state index >= 15 is 0 Å². The number of methoxy groups -OCH3 is 1. The van der Waals surface area contributed by atoms with Crippen molar-refractivity contribution in [2.45, 2.75) is 25.4 Å². The predicted molar refractivity (Wildman–Crippen MR) is 158 cm³/mol. The summed E-state index contributed by atoms with van der Waals surface area (Å²) in [4.78, 5) is 31.6. The van der Waals surface area contributed by atoms with E-state index < -0.39 is 0 Å². The highest BCUT2D eigenvalue weighted by Crippen LogP contribution is 2.25. The van der Waals surface area contributed by atoms with Crippen LogP contribution in [0.15, 0.2) is 89.6 Å². The number of nitrogens with one attached hydrogen (secondary N) is 1. The average Bonchev–Trinajstić information content (AvgIpc) is 3.02. The van der Waals surface area contributed by atoms with E-state index in [9.17, 15) is 9.59 Å². The molecule has 2 aliphatic rings. The molecule has 8 nitrogen and oxygen atoms in total. The lowest BCUT2D eigenvalue weighted by atomic mass is 9.97. The third-order valence-corrected chi connectivity index (χ3v) is 7.42. The Labute approximate surface area is 244 Å². The van der Waals surface area contributed by atoms with Crippen molar-refractivity contribution in [3.8, 4) is 17.2 Å². The van der Waals surface area contributed by atoms with Gasteiger partial charge in [0, 0.05) is 36.3 Å². The Hall–Kier alpha value is -4.14. The van der Waals surface area contributed by atoms with Crippen molar-refractivity contribution in [2.75, 3.05) is 26.8 Å². The first kappa shape index (κ1) is 28.4. The molecule has 2 aliphatic heterocycles. The van der Waals surface area contributed by atoms with E-state index in [0.29, 0.717) is 51.6 Å². The maximum absolute atomic E-state index is 12.8. The van der Waals surface area contributed by atoms with Crippen LogP contribution >= 0.6 is 11.6 Å². The molecule has 1 saturated heterocycles. The molecule has 1 amide bonds. The monoisotopic (exact) mass is 573 g/mol. The number of aliphatic imine (C=N–C) groups is 1. The minimum Gasteiger partial charge on any atom is -0.493 e. The molecule has 0 spiro atoms. The van der Waals surface area contributed by atoms with Crippen LogP contribution in [0.5, 0.6) is 17.2 Å². The van der Waals surface area contributed by atoms with Crippen LogP contribution in [-0.4, -0.2) is 56.0 Å². The molecule has 1 atom stereocenters. The van der Waals surface area contributed by atoms with Crippen molar-refractivity contribution in [1.29, 1.82) is 0 Å². The van der Waals surface area contributed by atoms with E-state index in [1.165, 1.54) is 7.11 Å². The van der Waals surface area contributed by atoms with E-state index in [1.54, 1.807) is 72.9 Å². The Morgan fingerprint density at radius 1 is 0.951 bits per heavy atom. The number of nitrogens with zero attached hydrogens (tertiary/aromatic N) is 2. The quantitative estimate of drug-likeness (QED) is 0.310. The van der Waals surface area contributed by atoms with E-state index in [0.717, 1.165) is 32.4 Å². The van der Waals surface area contributed by atoms with Gasteiger partial charge in [-0.05, 0) is 85.5 Å². The number of allylic oxidation sites excluding steroid dienone is 1. The minimum absolute atomic E-state index is 0.0681. The minimum atomic E-state index is -0.372. The normalized spacial score (nSPS) is 17.4. The predicted octanol–water partition coefficient (Wildman–Crippen LogP) is 6.12. The average molecular weight is 574 g/mol. The fourth-order valence-electron chi connectivity index (χ4n) is 4.82. The molecule has 212 valence electrons. The van der Waals surface area contributed by atoms with Crippen molar-refractivity contribution < 1.29 is 23.8 Å². The van der Waals surface area contributed by atoms with Crippen molar-refractivity contribution >= 4 is 29.7 Å². The van der Waals surface area contributed by atoms with Crippen LogP contribution in [-0.2, 0) is 4.74 Å². The Morgan fingerprint density at radius 2 is 1.66 bits per heavy atom. The van der Waals surface area contributed by atoms with Gasteiger partial charge in [0.05, 0.1) is 25.0 Å². The summed E-state index contributed by atoms with van der Waals surface area (Å²) in [5.74, 6) is 1.85. The fraction of sp³-hybridized carbons (Fsp3) is 0.281. The van der Waals surface area contributed by atoms with Gasteiger partial charge in [-0.25, -0.2) is 4.79 Å². The van der Waals surface area contributed by atoms with Crippen molar-refractivity contribution in [1.82, 2.24) is 10.2 Å². The van der Waals surface area contributed by atoms with Gasteiger partial charge in [-0.2, -0.15) is 0 Å². The Bertz CT molecular complexity index is 1410. The summed E-state index contributed by atoms with van der Waals surface area (Å²) in [6, 6.07) is 21.2. The van der Waals surface area contributed by atoms with Gasteiger partial charge in [-0.15, -0.1) is 0 Å². The van der Waals surface area contributed by atoms with Gasteiger partial charge >= 0.3 is 5.97 Å². The lowest BCUT2D eigenvalue weighted by Gasteiger charge is -2.36. The SMILES string of the molecule is COC(=O)c1cccc(OCC2CCN(C3CC=C(NC(=O)c4ccc(Oc5ccc(Cl)cc5)cc4)C=N3)CC2)c1. The molecule has 41 heavy (non-hydrogen) atoms. The third-order valence-electron chi connectivity index (χ3n) is 7.17. The molecule has 9 heteroatoms. The lowest BCUT2D eigenvalue weighted by Crippen LogP contribution is -2.42. The second kappa shape index (κ2) is 13.5. The molecule has 0 bridgehead atoms. The molecule has 1 fully saturated rings. The lowest BCUT2D eigenvalue weighted by molar-refractivity contribution is 0.0599. The number of hydrogen-bond acceptors (Lipinski definition) is 7. The van der Waals surface area contributed by atoms with Crippen molar-refractivity contribution in [3.05, 3.63) is 101 Å². The van der Waals surface area contributed by atoms with Crippen LogP contribution in [0.25, 0.3) is 0 Å². The van der Waals surface area contributed by atoms with Gasteiger partial charge in [-0.3, -0.25) is 14.7 Å². The van der Waals surface area contributed by atoms with Crippen LogP contribution in [0.4, 0.5) is 0 Å². The highest BCUT2D eigenvalue weighted by molar-refractivity contribution is 6.30. The summed E-state index contributed by atoms with van der Waals surface area (Å²) in [6.45, 7) is 2.47. The first-order valence-electron chi connectivity index (χ1n) is 13.6. The van der Waals surface area contributed by atoms with Gasteiger partial charge in [-0.1, -0.05) is 23.7 Å². The Kier molecular flexibility index (Phi) is 9.33. The summed E-state index contributed by atoms with van der Waals surface area (Å²) < 4.78 is 16.5. The number of ether oxygens (including phenoxy) is 3. The number of piperidine rings is 1. The van der Waals surface area contributed by atoms with Crippen LogP contribution in [0.3, 0.4) is 0 Å². The van der Waals surface area contributed by atoms with Gasteiger partial charge in [0.15, 0.2) is 0 Å². The summed E-state index contributed by atoms with van der Waals surface area (Å²) in [7, 11) is 1.37. The zero-order valence-electron chi connectivity index (χ0n) is 22.8. The molecule has 1 N–H and O–H groups in total. The number of esters is 1. The molecule has 3 aromatic rings. The molecular formula is C32H32ClN3O5. The number of benzene rings is 3. The second-order valence-corrected chi connectivity index (χ2v) is 10.4. The summed E-state index contributed by atoms with van der Waals surface area (Å²) >= 11 is 5.91. The highest BCUT2D eigenvalue weighted by Gasteiger charge is 2.26. The number of carbonyl (C=O) groups is 2. The number of hydrogen-bond donors (Lipinski definition) is 1. The number of carbonyl (C=O) groups excluding carboxylic acids is 2. The number of amides is 1. The molecular weight excluding hydrogens is 542 g/mol. The van der Waals surface area contributed by atoms with Crippen LogP contribution < -0.4 is 14.8 Å². The highest BCUT2D eigenvalue weighted by atomic mass is 35.5. The van der Waals surface area contributed by atoms with E-state index in [1.807, 2.05) is 12.1 Å². The molecule has 2 heterocycles. The van der Waals surface area contributed by atoms with E-state index in [2.05, 4.69) is 10.2 Å².